The van der Waals surface area contributed by atoms with Gasteiger partial charge in [0.15, 0.2) is 0 Å². The first kappa shape index (κ1) is 16.7. The van der Waals surface area contributed by atoms with Gasteiger partial charge in [0.2, 0.25) is 0 Å². The number of halogens is 3. The minimum atomic E-state index is -0.595. The Labute approximate surface area is 158 Å². The van der Waals surface area contributed by atoms with Crippen molar-refractivity contribution < 1.29 is 4.39 Å². The lowest BCUT2D eigenvalue weighted by Gasteiger charge is -2.12. The van der Waals surface area contributed by atoms with E-state index in [1.807, 2.05) is 24.3 Å². The summed E-state index contributed by atoms with van der Waals surface area (Å²) in [5.41, 5.74) is 9.24. The van der Waals surface area contributed by atoms with Crippen LogP contribution in [0.1, 0.15) is 0 Å². The molecule has 2 aromatic carbocycles. The van der Waals surface area contributed by atoms with Gasteiger partial charge >= 0.3 is 0 Å². The minimum absolute atomic E-state index is 0.0296. The average molecular weight is 385 g/mol. The van der Waals surface area contributed by atoms with Gasteiger partial charge in [-0.2, -0.15) is 0 Å². The maximum Gasteiger partial charge on any atom is 0.143 e. The fourth-order valence-corrected chi connectivity index (χ4v) is 3.23. The fraction of sp³-hybridized carbons (Fsp3) is 0. The summed E-state index contributed by atoms with van der Waals surface area (Å²) in [7, 11) is 0. The molecule has 4 nitrogen and oxygen atoms in total. The molecule has 0 unspecified atom stereocenters. The van der Waals surface area contributed by atoms with E-state index in [4.69, 9.17) is 28.9 Å². The first-order valence-electron chi connectivity index (χ1n) is 7.65. The maximum absolute atomic E-state index is 14.0. The number of fused-ring (bicyclic) bond motifs is 1. The number of nitrogen functional groups attached to an aromatic ring is 1. The molecule has 0 atom stereocenters. The quantitative estimate of drug-likeness (QED) is 0.470. The Morgan fingerprint density at radius 3 is 2.62 bits per heavy atom. The van der Waals surface area contributed by atoms with Crippen molar-refractivity contribution in [2.45, 2.75) is 0 Å². The van der Waals surface area contributed by atoms with E-state index in [9.17, 15) is 4.39 Å². The summed E-state index contributed by atoms with van der Waals surface area (Å²) >= 11 is 12.2. The Kier molecular flexibility index (Phi) is 4.18. The standard InChI is InChI=1S/C19H11Cl2FN4/c20-11-7-14(17(21)15(22)8-11)18-12(2-1-5-24-18)10-3-4-16-13(6-10)19(23)26-9-25-16/h1-9H,(H2,23,25,26). The van der Waals surface area contributed by atoms with Gasteiger partial charge < -0.3 is 5.73 Å². The first-order chi connectivity index (χ1) is 12.5. The van der Waals surface area contributed by atoms with Gasteiger partial charge in [-0.15, -0.1) is 0 Å². The number of anilines is 1. The number of hydrogen-bond donors (Lipinski definition) is 1. The first-order valence-corrected chi connectivity index (χ1v) is 8.41. The molecule has 7 heteroatoms. The second-order valence-electron chi connectivity index (χ2n) is 5.64. The number of nitrogens with two attached hydrogens (primary N) is 1. The molecule has 0 aliphatic rings. The van der Waals surface area contributed by atoms with Crippen LogP contribution in [0.15, 0.2) is 55.0 Å². The second-order valence-corrected chi connectivity index (χ2v) is 6.45. The van der Waals surface area contributed by atoms with Crippen LogP contribution in [0.5, 0.6) is 0 Å². The third kappa shape index (κ3) is 2.85. The minimum Gasteiger partial charge on any atom is -0.383 e. The lowest BCUT2D eigenvalue weighted by Crippen LogP contribution is -1.95. The van der Waals surface area contributed by atoms with Crippen LogP contribution in [0.2, 0.25) is 10.0 Å². The van der Waals surface area contributed by atoms with E-state index in [-0.39, 0.29) is 10.0 Å². The van der Waals surface area contributed by atoms with E-state index >= 15 is 0 Å². The molecular weight excluding hydrogens is 374 g/mol. The molecule has 0 saturated heterocycles. The molecule has 0 aliphatic heterocycles. The smallest absolute Gasteiger partial charge is 0.143 e. The number of aromatic nitrogens is 3. The Morgan fingerprint density at radius 1 is 0.923 bits per heavy atom. The molecule has 0 spiro atoms. The molecule has 0 aliphatic carbocycles. The van der Waals surface area contributed by atoms with Gasteiger partial charge in [-0.3, -0.25) is 4.98 Å². The highest BCUT2D eigenvalue weighted by atomic mass is 35.5. The highest BCUT2D eigenvalue weighted by Crippen LogP contribution is 2.38. The van der Waals surface area contributed by atoms with Crippen molar-refractivity contribution in [1.29, 1.82) is 0 Å². The number of rotatable bonds is 2. The monoisotopic (exact) mass is 384 g/mol. The van der Waals surface area contributed by atoms with Crippen LogP contribution in [-0.2, 0) is 0 Å². The van der Waals surface area contributed by atoms with Crippen molar-refractivity contribution in [3.05, 3.63) is 70.9 Å². The molecular formula is C19H11Cl2FN4. The average Bonchev–Trinajstić information content (AvgIpc) is 2.65. The van der Waals surface area contributed by atoms with Gasteiger partial charge in [-0.05, 0) is 35.9 Å². The van der Waals surface area contributed by atoms with Crippen LogP contribution in [0.3, 0.4) is 0 Å². The number of nitrogens with zero attached hydrogens (tertiary/aromatic N) is 3. The third-order valence-electron chi connectivity index (χ3n) is 4.03. The third-order valence-corrected chi connectivity index (χ3v) is 4.64. The summed E-state index contributed by atoms with van der Waals surface area (Å²) in [6.07, 6.45) is 3.04. The summed E-state index contributed by atoms with van der Waals surface area (Å²) in [6.45, 7) is 0. The van der Waals surface area contributed by atoms with Crippen molar-refractivity contribution >= 4 is 39.9 Å². The van der Waals surface area contributed by atoms with Crippen LogP contribution in [-0.4, -0.2) is 15.0 Å². The molecule has 128 valence electrons. The van der Waals surface area contributed by atoms with Gasteiger partial charge in [-0.25, -0.2) is 14.4 Å². The zero-order valence-electron chi connectivity index (χ0n) is 13.2. The van der Waals surface area contributed by atoms with E-state index in [2.05, 4.69) is 15.0 Å². The molecule has 2 heterocycles. The predicted octanol–water partition coefficient (Wildman–Crippen LogP) is 5.39. The molecule has 0 radical (unpaired) electrons. The molecule has 4 rings (SSSR count). The van der Waals surface area contributed by atoms with E-state index in [1.165, 1.54) is 12.4 Å². The lowest BCUT2D eigenvalue weighted by molar-refractivity contribution is 0.629. The molecule has 26 heavy (non-hydrogen) atoms. The fourth-order valence-electron chi connectivity index (χ4n) is 2.83. The van der Waals surface area contributed by atoms with Crippen LogP contribution < -0.4 is 5.73 Å². The molecule has 0 amide bonds. The van der Waals surface area contributed by atoms with E-state index in [1.54, 1.807) is 18.3 Å². The van der Waals surface area contributed by atoms with Gasteiger partial charge in [0, 0.05) is 27.7 Å². The predicted molar refractivity (Wildman–Crippen MR) is 103 cm³/mol. The molecule has 0 bridgehead atoms. The van der Waals surface area contributed by atoms with Crippen molar-refractivity contribution in [2.24, 2.45) is 0 Å². The molecule has 0 fully saturated rings. The summed E-state index contributed by atoms with van der Waals surface area (Å²) in [5, 5.41) is 0.941. The lowest BCUT2D eigenvalue weighted by atomic mass is 9.98. The number of hydrogen-bond acceptors (Lipinski definition) is 4. The normalized spacial score (nSPS) is 11.0. The van der Waals surface area contributed by atoms with Gasteiger partial charge in [0.05, 0.1) is 16.2 Å². The van der Waals surface area contributed by atoms with Crippen molar-refractivity contribution in [2.75, 3.05) is 5.73 Å². The van der Waals surface area contributed by atoms with Crippen molar-refractivity contribution in [1.82, 2.24) is 15.0 Å². The Balaban J connectivity index is 1.97. The zero-order valence-corrected chi connectivity index (χ0v) is 14.8. The van der Waals surface area contributed by atoms with E-state index in [0.29, 0.717) is 17.1 Å². The van der Waals surface area contributed by atoms with E-state index in [0.717, 1.165) is 22.0 Å². The Morgan fingerprint density at radius 2 is 1.77 bits per heavy atom. The largest absolute Gasteiger partial charge is 0.383 e. The van der Waals surface area contributed by atoms with Gasteiger partial charge in [0.25, 0.3) is 0 Å². The molecule has 0 saturated carbocycles. The number of pyridine rings is 1. The highest BCUT2D eigenvalue weighted by molar-refractivity contribution is 6.35. The van der Waals surface area contributed by atoms with E-state index < -0.39 is 5.82 Å². The highest BCUT2D eigenvalue weighted by Gasteiger charge is 2.16. The number of benzene rings is 2. The zero-order chi connectivity index (χ0) is 18.3. The molecule has 2 aromatic heterocycles. The summed E-state index contributed by atoms with van der Waals surface area (Å²) in [5.74, 6) is -0.212. The molecule has 4 aromatic rings. The van der Waals surface area contributed by atoms with Crippen LogP contribution >= 0.6 is 23.2 Å². The second kappa shape index (κ2) is 6.52. The van der Waals surface area contributed by atoms with Crippen molar-refractivity contribution in [3.63, 3.8) is 0 Å². The van der Waals surface area contributed by atoms with Crippen LogP contribution in [0.25, 0.3) is 33.3 Å². The maximum atomic E-state index is 14.0. The van der Waals surface area contributed by atoms with Crippen molar-refractivity contribution in [3.8, 4) is 22.4 Å². The van der Waals surface area contributed by atoms with Crippen LogP contribution in [0.4, 0.5) is 10.2 Å². The summed E-state index contributed by atoms with van der Waals surface area (Å²) in [6, 6.07) is 12.0. The van der Waals surface area contributed by atoms with Crippen LogP contribution in [0, 0.1) is 5.82 Å². The van der Waals surface area contributed by atoms with Gasteiger partial charge in [0.1, 0.15) is 18.0 Å². The Hall–Kier alpha value is -2.76. The SMILES string of the molecule is Nc1ncnc2ccc(-c3cccnc3-c3cc(Cl)cc(F)c3Cl)cc12. The summed E-state index contributed by atoms with van der Waals surface area (Å²) < 4.78 is 14.0. The Bertz CT molecular complexity index is 1150. The molecule has 2 N–H and O–H groups in total. The topological polar surface area (TPSA) is 64.7 Å². The summed E-state index contributed by atoms with van der Waals surface area (Å²) in [4.78, 5) is 12.6. The van der Waals surface area contributed by atoms with Gasteiger partial charge in [-0.1, -0.05) is 35.3 Å².